The van der Waals surface area contributed by atoms with Gasteiger partial charge in [0.2, 0.25) is 5.91 Å². The third-order valence-electron chi connectivity index (χ3n) is 3.21. The molecule has 2 unspecified atom stereocenters. The predicted octanol–water partition coefficient (Wildman–Crippen LogP) is 1.24. The van der Waals surface area contributed by atoms with Crippen molar-refractivity contribution in [2.24, 2.45) is 5.92 Å². The molecule has 1 saturated heterocycles. The minimum absolute atomic E-state index is 0.0365. The molecule has 3 heteroatoms. The van der Waals surface area contributed by atoms with Crippen molar-refractivity contribution in [2.45, 2.75) is 39.2 Å². The zero-order chi connectivity index (χ0) is 10.6. The van der Waals surface area contributed by atoms with Gasteiger partial charge in [-0.15, -0.1) is 0 Å². The summed E-state index contributed by atoms with van der Waals surface area (Å²) in [5.74, 6) is 0.974. The van der Waals surface area contributed by atoms with Crippen LogP contribution in [0.4, 0.5) is 0 Å². The Morgan fingerprint density at radius 1 is 1.64 bits per heavy atom. The third kappa shape index (κ3) is 2.71. The van der Waals surface area contributed by atoms with Crippen LogP contribution in [0, 0.1) is 5.92 Å². The Bertz CT molecular complexity index is 194. The van der Waals surface area contributed by atoms with E-state index in [1.54, 1.807) is 0 Å². The molecule has 0 bridgehead atoms. The van der Waals surface area contributed by atoms with Crippen molar-refractivity contribution in [3.63, 3.8) is 0 Å². The first kappa shape index (κ1) is 11.5. The molecule has 3 nitrogen and oxygen atoms in total. The monoisotopic (exact) mass is 198 g/mol. The average molecular weight is 198 g/mol. The molecule has 1 amide bonds. The van der Waals surface area contributed by atoms with Crippen molar-refractivity contribution in [1.29, 1.82) is 0 Å². The van der Waals surface area contributed by atoms with Gasteiger partial charge in [-0.3, -0.25) is 4.79 Å². The number of hydrogen-bond donors (Lipinski definition) is 1. The average Bonchev–Trinajstić information content (AvgIpc) is 2.27. The van der Waals surface area contributed by atoms with Crippen molar-refractivity contribution >= 4 is 5.91 Å². The van der Waals surface area contributed by atoms with Crippen molar-refractivity contribution in [3.05, 3.63) is 0 Å². The second kappa shape index (κ2) is 5.35. The van der Waals surface area contributed by atoms with Crippen molar-refractivity contribution in [2.75, 3.05) is 20.1 Å². The zero-order valence-electron chi connectivity index (χ0n) is 9.55. The molecular weight excluding hydrogens is 176 g/mol. The van der Waals surface area contributed by atoms with Gasteiger partial charge in [-0.1, -0.05) is 13.3 Å². The van der Waals surface area contributed by atoms with Gasteiger partial charge in [0, 0.05) is 13.1 Å². The molecule has 1 rings (SSSR count). The first-order valence-corrected chi connectivity index (χ1v) is 5.65. The summed E-state index contributed by atoms with van der Waals surface area (Å²) in [5, 5.41) is 3.00. The maximum absolute atomic E-state index is 11.9. The summed E-state index contributed by atoms with van der Waals surface area (Å²) >= 11 is 0. The number of likely N-dealkylation sites (N-methyl/N-ethyl adjacent to an activating group) is 1. The standard InChI is InChI=1S/C11H22N2O/c1-4-10-6-5-7-13(8-10)11(14)9(2)12-3/h9-10,12H,4-8H2,1-3H3. The molecule has 0 spiro atoms. The van der Waals surface area contributed by atoms with Crippen LogP contribution in [0.15, 0.2) is 0 Å². The highest BCUT2D eigenvalue weighted by atomic mass is 16.2. The van der Waals surface area contributed by atoms with Crippen LogP contribution in [-0.2, 0) is 4.79 Å². The van der Waals surface area contributed by atoms with Gasteiger partial charge in [0.05, 0.1) is 6.04 Å². The van der Waals surface area contributed by atoms with E-state index in [9.17, 15) is 4.79 Å². The molecule has 0 aromatic heterocycles. The highest BCUT2D eigenvalue weighted by Crippen LogP contribution is 2.19. The second-order valence-electron chi connectivity index (χ2n) is 4.21. The quantitative estimate of drug-likeness (QED) is 0.740. The molecule has 0 saturated carbocycles. The maximum Gasteiger partial charge on any atom is 0.239 e. The molecule has 1 aliphatic heterocycles. The molecule has 2 atom stereocenters. The third-order valence-corrected chi connectivity index (χ3v) is 3.21. The van der Waals surface area contributed by atoms with Gasteiger partial charge in [0.1, 0.15) is 0 Å². The SMILES string of the molecule is CCC1CCCN(C(=O)C(C)NC)C1. The molecule has 0 aromatic rings. The number of likely N-dealkylation sites (tertiary alicyclic amines) is 1. The van der Waals surface area contributed by atoms with Gasteiger partial charge in [-0.25, -0.2) is 0 Å². The van der Waals surface area contributed by atoms with Crippen molar-refractivity contribution in [3.8, 4) is 0 Å². The fourth-order valence-corrected chi connectivity index (χ4v) is 2.00. The van der Waals surface area contributed by atoms with E-state index in [4.69, 9.17) is 0 Å². The minimum Gasteiger partial charge on any atom is -0.341 e. The zero-order valence-corrected chi connectivity index (χ0v) is 9.55. The highest BCUT2D eigenvalue weighted by molar-refractivity contribution is 5.81. The first-order chi connectivity index (χ1) is 6.69. The number of hydrogen-bond acceptors (Lipinski definition) is 2. The molecule has 1 fully saturated rings. The molecule has 1 heterocycles. The second-order valence-corrected chi connectivity index (χ2v) is 4.21. The van der Waals surface area contributed by atoms with Crippen LogP contribution in [0.1, 0.15) is 33.1 Å². The van der Waals surface area contributed by atoms with E-state index >= 15 is 0 Å². The lowest BCUT2D eigenvalue weighted by molar-refractivity contribution is -0.134. The summed E-state index contributed by atoms with van der Waals surface area (Å²) in [6.07, 6.45) is 3.65. The lowest BCUT2D eigenvalue weighted by Gasteiger charge is -2.33. The van der Waals surface area contributed by atoms with Gasteiger partial charge in [-0.05, 0) is 32.7 Å². The molecule has 0 aromatic carbocycles. The van der Waals surface area contributed by atoms with Crippen LogP contribution < -0.4 is 5.32 Å². The maximum atomic E-state index is 11.9. The van der Waals surface area contributed by atoms with Crippen LogP contribution in [0.2, 0.25) is 0 Å². The van der Waals surface area contributed by atoms with Crippen LogP contribution in [0.3, 0.4) is 0 Å². The summed E-state index contributed by atoms with van der Waals surface area (Å²) in [5.41, 5.74) is 0. The van der Waals surface area contributed by atoms with Crippen molar-refractivity contribution in [1.82, 2.24) is 10.2 Å². The Kier molecular flexibility index (Phi) is 4.39. The molecule has 14 heavy (non-hydrogen) atoms. The number of carbonyl (C=O) groups excluding carboxylic acids is 1. The largest absolute Gasteiger partial charge is 0.341 e. The van der Waals surface area contributed by atoms with Crippen LogP contribution >= 0.6 is 0 Å². The van der Waals surface area contributed by atoms with E-state index in [-0.39, 0.29) is 11.9 Å². The Labute approximate surface area is 86.9 Å². The first-order valence-electron chi connectivity index (χ1n) is 5.65. The van der Waals surface area contributed by atoms with E-state index in [0.29, 0.717) is 0 Å². The Hall–Kier alpha value is -0.570. The smallest absolute Gasteiger partial charge is 0.239 e. The summed E-state index contributed by atoms with van der Waals surface area (Å²) in [6, 6.07) is -0.0365. The number of piperidine rings is 1. The number of amides is 1. The van der Waals surface area contributed by atoms with Gasteiger partial charge < -0.3 is 10.2 Å². The molecule has 1 N–H and O–H groups in total. The molecule has 1 aliphatic rings. The lowest BCUT2D eigenvalue weighted by Crippen LogP contribution is -2.47. The predicted molar refractivity (Wildman–Crippen MR) is 58.1 cm³/mol. The number of rotatable bonds is 3. The highest BCUT2D eigenvalue weighted by Gasteiger charge is 2.24. The molecule has 0 radical (unpaired) electrons. The van der Waals surface area contributed by atoms with Crippen LogP contribution in [0.5, 0.6) is 0 Å². The number of nitrogens with one attached hydrogen (secondary N) is 1. The van der Waals surface area contributed by atoms with E-state index in [2.05, 4.69) is 12.2 Å². The van der Waals surface area contributed by atoms with Gasteiger partial charge in [-0.2, -0.15) is 0 Å². The molecule has 82 valence electrons. The lowest BCUT2D eigenvalue weighted by atomic mass is 9.95. The minimum atomic E-state index is -0.0365. The molecular formula is C11H22N2O. The summed E-state index contributed by atoms with van der Waals surface area (Å²) < 4.78 is 0. The Balaban J connectivity index is 2.47. The Morgan fingerprint density at radius 2 is 2.36 bits per heavy atom. The van der Waals surface area contributed by atoms with Crippen LogP contribution in [-0.4, -0.2) is 37.0 Å². The Morgan fingerprint density at radius 3 is 2.93 bits per heavy atom. The van der Waals surface area contributed by atoms with Gasteiger partial charge in [0.15, 0.2) is 0 Å². The fourth-order valence-electron chi connectivity index (χ4n) is 2.00. The topological polar surface area (TPSA) is 32.3 Å². The van der Waals surface area contributed by atoms with E-state index in [1.165, 1.54) is 19.3 Å². The number of nitrogens with zero attached hydrogens (tertiary/aromatic N) is 1. The van der Waals surface area contributed by atoms with Gasteiger partial charge >= 0.3 is 0 Å². The summed E-state index contributed by atoms with van der Waals surface area (Å²) in [4.78, 5) is 13.9. The van der Waals surface area contributed by atoms with Crippen molar-refractivity contribution < 1.29 is 4.79 Å². The summed E-state index contributed by atoms with van der Waals surface area (Å²) in [6.45, 7) is 6.04. The fraction of sp³-hybridized carbons (Fsp3) is 0.909. The van der Waals surface area contributed by atoms with Crippen LogP contribution in [0.25, 0.3) is 0 Å². The van der Waals surface area contributed by atoms with E-state index in [0.717, 1.165) is 19.0 Å². The molecule has 0 aliphatic carbocycles. The number of carbonyl (C=O) groups is 1. The summed E-state index contributed by atoms with van der Waals surface area (Å²) in [7, 11) is 1.84. The van der Waals surface area contributed by atoms with E-state index < -0.39 is 0 Å². The van der Waals surface area contributed by atoms with Gasteiger partial charge in [0.25, 0.3) is 0 Å². The normalized spacial score (nSPS) is 24.8. The van der Waals surface area contributed by atoms with E-state index in [1.807, 2.05) is 18.9 Å².